The first-order valence-corrected chi connectivity index (χ1v) is 6.83. The quantitative estimate of drug-likeness (QED) is 0.723. The molecule has 0 spiro atoms. The van der Waals surface area contributed by atoms with Crippen molar-refractivity contribution in [3.05, 3.63) is 29.8 Å². The lowest BCUT2D eigenvalue weighted by Gasteiger charge is -2.14. The van der Waals surface area contributed by atoms with Gasteiger partial charge >= 0.3 is 0 Å². The molecule has 0 saturated carbocycles. The molecule has 1 aromatic rings. The highest BCUT2D eigenvalue weighted by molar-refractivity contribution is 5.45. The van der Waals surface area contributed by atoms with Crippen LogP contribution in [0.1, 0.15) is 38.7 Å². The molecule has 3 N–H and O–H groups in total. The normalized spacial score (nSPS) is 10.8. The van der Waals surface area contributed by atoms with Crippen molar-refractivity contribution in [3.8, 4) is 0 Å². The van der Waals surface area contributed by atoms with E-state index in [-0.39, 0.29) is 0 Å². The van der Waals surface area contributed by atoms with E-state index in [0.717, 1.165) is 31.8 Å². The molecule has 96 valence electrons. The van der Waals surface area contributed by atoms with Crippen molar-refractivity contribution < 1.29 is 0 Å². The van der Waals surface area contributed by atoms with Crippen LogP contribution in [0.15, 0.2) is 24.3 Å². The van der Waals surface area contributed by atoms with E-state index in [2.05, 4.69) is 43.4 Å². The average Bonchev–Trinajstić information content (AvgIpc) is 2.38. The van der Waals surface area contributed by atoms with E-state index in [4.69, 9.17) is 5.73 Å². The van der Waals surface area contributed by atoms with E-state index < -0.39 is 0 Å². The van der Waals surface area contributed by atoms with Gasteiger partial charge in [-0.1, -0.05) is 38.8 Å². The smallest absolute Gasteiger partial charge is 0.0343 e. The summed E-state index contributed by atoms with van der Waals surface area (Å²) in [6.07, 6.45) is 4.64. The predicted molar refractivity (Wildman–Crippen MR) is 76.4 cm³/mol. The summed E-state index contributed by atoms with van der Waals surface area (Å²) in [7, 11) is 0. The summed E-state index contributed by atoms with van der Waals surface area (Å²) in [5.41, 5.74) is 8.15. The number of rotatable bonds is 8. The zero-order chi connectivity index (χ0) is 12.5. The Kier molecular flexibility index (Phi) is 6.71. The van der Waals surface area contributed by atoms with Gasteiger partial charge in [-0.15, -0.1) is 0 Å². The molecule has 0 atom stereocenters. The van der Waals surface area contributed by atoms with Gasteiger partial charge < -0.3 is 11.1 Å². The first kappa shape index (κ1) is 14.0. The molecule has 0 heterocycles. The fourth-order valence-corrected chi connectivity index (χ4v) is 1.98. The van der Waals surface area contributed by atoms with Crippen LogP contribution < -0.4 is 11.1 Å². The molecule has 0 unspecified atom stereocenters. The van der Waals surface area contributed by atoms with Gasteiger partial charge in [-0.2, -0.15) is 0 Å². The number of anilines is 1. The van der Waals surface area contributed by atoms with Crippen molar-refractivity contribution in [1.82, 2.24) is 0 Å². The van der Waals surface area contributed by atoms with Gasteiger partial charge in [0.2, 0.25) is 0 Å². The molecule has 2 nitrogen and oxygen atoms in total. The molecule has 1 rings (SSSR count). The summed E-state index contributed by atoms with van der Waals surface area (Å²) in [6, 6.07) is 8.70. The number of benzene rings is 1. The lowest BCUT2D eigenvalue weighted by Crippen LogP contribution is -2.12. The Balaban J connectivity index is 2.47. The molecule has 1 aromatic carbocycles. The molecule has 0 aliphatic carbocycles. The maximum absolute atomic E-state index is 5.53. The number of hydrogen-bond donors (Lipinski definition) is 2. The first-order valence-electron chi connectivity index (χ1n) is 6.83. The minimum absolute atomic E-state index is 0.769. The highest BCUT2D eigenvalue weighted by atomic mass is 14.9. The number of hydrogen-bond acceptors (Lipinski definition) is 2. The molecular weight excluding hydrogens is 208 g/mol. The Morgan fingerprint density at radius 1 is 1.24 bits per heavy atom. The highest BCUT2D eigenvalue weighted by Crippen LogP contribution is 2.14. The maximum atomic E-state index is 5.53. The van der Waals surface area contributed by atoms with Crippen LogP contribution in [0, 0.1) is 5.92 Å². The van der Waals surface area contributed by atoms with Crippen molar-refractivity contribution in [2.75, 3.05) is 18.4 Å². The fourth-order valence-electron chi connectivity index (χ4n) is 1.98. The third-order valence-electron chi connectivity index (χ3n) is 3.35. The Morgan fingerprint density at radius 2 is 2.00 bits per heavy atom. The van der Waals surface area contributed by atoms with Crippen LogP contribution >= 0.6 is 0 Å². The van der Waals surface area contributed by atoms with Gasteiger partial charge in [-0.25, -0.2) is 0 Å². The van der Waals surface area contributed by atoms with Crippen LogP contribution in [-0.2, 0) is 6.42 Å². The second-order valence-corrected chi connectivity index (χ2v) is 4.66. The van der Waals surface area contributed by atoms with Crippen molar-refractivity contribution >= 4 is 5.69 Å². The van der Waals surface area contributed by atoms with Crippen LogP contribution in [0.5, 0.6) is 0 Å². The molecule has 0 aromatic heterocycles. The minimum atomic E-state index is 0.769. The second kappa shape index (κ2) is 8.13. The lowest BCUT2D eigenvalue weighted by atomic mass is 10.0. The summed E-state index contributed by atoms with van der Waals surface area (Å²) in [4.78, 5) is 0. The van der Waals surface area contributed by atoms with Crippen molar-refractivity contribution in [1.29, 1.82) is 0 Å². The molecule has 0 fully saturated rings. The maximum Gasteiger partial charge on any atom is 0.0343 e. The van der Waals surface area contributed by atoms with Gasteiger partial charge in [-0.3, -0.25) is 0 Å². The molecule has 17 heavy (non-hydrogen) atoms. The van der Waals surface area contributed by atoms with E-state index in [1.54, 1.807) is 0 Å². The molecule has 0 bridgehead atoms. The van der Waals surface area contributed by atoms with E-state index in [9.17, 15) is 0 Å². The van der Waals surface area contributed by atoms with Gasteiger partial charge in [-0.05, 0) is 43.0 Å². The van der Waals surface area contributed by atoms with Gasteiger partial charge in [0.1, 0.15) is 0 Å². The molecule has 0 aliphatic rings. The largest absolute Gasteiger partial charge is 0.385 e. The van der Waals surface area contributed by atoms with E-state index in [1.807, 2.05) is 0 Å². The molecule has 0 amide bonds. The van der Waals surface area contributed by atoms with Gasteiger partial charge in [0.25, 0.3) is 0 Å². The van der Waals surface area contributed by atoms with Crippen LogP contribution in [0.4, 0.5) is 5.69 Å². The molecule has 0 radical (unpaired) electrons. The molecular formula is C15H26N2. The molecule has 0 saturated heterocycles. The number of aryl methyl sites for hydroxylation is 1. The van der Waals surface area contributed by atoms with Crippen LogP contribution in [0.25, 0.3) is 0 Å². The monoisotopic (exact) mass is 234 g/mol. The minimum Gasteiger partial charge on any atom is -0.385 e. The zero-order valence-electron chi connectivity index (χ0n) is 11.2. The molecule has 0 aliphatic heterocycles. The summed E-state index contributed by atoms with van der Waals surface area (Å²) in [6.45, 7) is 6.36. The van der Waals surface area contributed by atoms with Crippen LogP contribution in [-0.4, -0.2) is 13.1 Å². The Morgan fingerprint density at radius 3 is 2.65 bits per heavy atom. The van der Waals surface area contributed by atoms with E-state index in [0.29, 0.717) is 0 Å². The van der Waals surface area contributed by atoms with Crippen molar-refractivity contribution in [2.45, 2.75) is 39.5 Å². The Hall–Kier alpha value is -1.02. The lowest BCUT2D eigenvalue weighted by molar-refractivity contribution is 0.519. The summed E-state index contributed by atoms with van der Waals surface area (Å²) >= 11 is 0. The van der Waals surface area contributed by atoms with Crippen molar-refractivity contribution in [2.24, 2.45) is 11.7 Å². The third kappa shape index (κ3) is 5.22. The standard InChI is InChI=1S/C15H26N2/c1-3-13(4-2)12-17-15-9-5-7-14(11-15)8-6-10-16/h5,7,9,11,13,17H,3-4,6,8,10,12,16H2,1-2H3. The SMILES string of the molecule is CCC(CC)CNc1cccc(CCCN)c1. The topological polar surface area (TPSA) is 38.0 Å². The van der Waals surface area contributed by atoms with Gasteiger partial charge in [0.05, 0.1) is 0 Å². The second-order valence-electron chi connectivity index (χ2n) is 4.66. The van der Waals surface area contributed by atoms with E-state index in [1.165, 1.54) is 24.1 Å². The predicted octanol–water partition coefficient (Wildman–Crippen LogP) is 3.43. The summed E-state index contributed by atoms with van der Waals surface area (Å²) in [5.74, 6) is 0.780. The summed E-state index contributed by atoms with van der Waals surface area (Å²) < 4.78 is 0. The van der Waals surface area contributed by atoms with Crippen LogP contribution in [0.2, 0.25) is 0 Å². The summed E-state index contributed by atoms with van der Waals surface area (Å²) in [5, 5.41) is 3.53. The number of nitrogens with two attached hydrogens (primary N) is 1. The third-order valence-corrected chi connectivity index (χ3v) is 3.35. The average molecular weight is 234 g/mol. The van der Waals surface area contributed by atoms with Gasteiger partial charge in [0, 0.05) is 12.2 Å². The Bertz CT molecular complexity index is 306. The van der Waals surface area contributed by atoms with Crippen molar-refractivity contribution in [3.63, 3.8) is 0 Å². The van der Waals surface area contributed by atoms with E-state index >= 15 is 0 Å². The zero-order valence-corrected chi connectivity index (χ0v) is 11.2. The highest BCUT2D eigenvalue weighted by Gasteiger charge is 2.03. The van der Waals surface area contributed by atoms with Gasteiger partial charge in [0.15, 0.2) is 0 Å². The van der Waals surface area contributed by atoms with Crippen LogP contribution in [0.3, 0.4) is 0 Å². The Labute approximate surface area is 106 Å². The fraction of sp³-hybridized carbons (Fsp3) is 0.600. The number of nitrogens with one attached hydrogen (secondary N) is 1. The first-order chi connectivity index (χ1) is 8.30. The molecule has 2 heteroatoms.